The highest BCUT2D eigenvalue weighted by atomic mass is 15.2. The Morgan fingerprint density at radius 1 is 1.78 bits per heavy atom. The van der Waals surface area contributed by atoms with Crippen molar-refractivity contribution in [1.82, 2.24) is 4.90 Å². The van der Waals surface area contributed by atoms with Gasteiger partial charge in [-0.2, -0.15) is 0 Å². The van der Waals surface area contributed by atoms with E-state index in [1.807, 2.05) is 0 Å². The monoisotopic (exact) mass is 123 g/mol. The average Bonchev–Trinajstić information content (AvgIpc) is 2.18. The Morgan fingerprint density at radius 3 is 3.00 bits per heavy atom. The van der Waals surface area contributed by atoms with Crippen molar-refractivity contribution in [3.05, 3.63) is 0 Å². The summed E-state index contributed by atoms with van der Waals surface area (Å²) in [5, 5.41) is 0. The minimum atomic E-state index is 0.723. The first-order chi connectivity index (χ1) is 4.34. The molecular weight excluding hydrogens is 110 g/mol. The van der Waals surface area contributed by atoms with Crippen molar-refractivity contribution in [2.75, 3.05) is 13.1 Å². The second-order valence-electron chi connectivity index (χ2n) is 2.67. The van der Waals surface area contributed by atoms with E-state index >= 15 is 0 Å². The maximum absolute atomic E-state index is 5.18. The number of likely N-dealkylation sites (tertiary alicyclic amines) is 1. The quantitative estimate of drug-likeness (QED) is 0.472. The lowest BCUT2D eigenvalue weighted by Crippen LogP contribution is -2.26. The lowest BCUT2D eigenvalue weighted by Gasteiger charge is -2.16. The van der Waals surface area contributed by atoms with Crippen LogP contribution in [0.1, 0.15) is 19.8 Å². The van der Waals surface area contributed by atoms with Crippen LogP contribution in [-0.4, -0.2) is 24.0 Å². The van der Waals surface area contributed by atoms with Gasteiger partial charge in [0.15, 0.2) is 0 Å². The van der Waals surface area contributed by atoms with Crippen molar-refractivity contribution in [2.45, 2.75) is 25.8 Å². The van der Waals surface area contributed by atoms with Crippen LogP contribution >= 0.6 is 0 Å². The first-order valence-corrected chi connectivity index (χ1v) is 3.52. The molecule has 1 rings (SSSR count). The van der Waals surface area contributed by atoms with Crippen LogP contribution in [0.3, 0.4) is 0 Å². The zero-order valence-electron chi connectivity index (χ0n) is 5.93. The molecule has 0 spiro atoms. The molecule has 50 valence electrons. The topological polar surface area (TPSA) is 3.24 Å². The van der Waals surface area contributed by atoms with Gasteiger partial charge in [0.05, 0.1) is 6.54 Å². The molecule has 0 unspecified atom stereocenters. The Balaban J connectivity index is 2.33. The molecule has 0 aromatic heterocycles. The third-order valence-corrected chi connectivity index (χ3v) is 1.98. The fourth-order valence-corrected chi connectivity index (χ4v) is 1.34. The maximum atomic E-state index is 5.18. The molecular formula is C8H13N. The molecule has 9 heavy (non-hydrogen) atoms. The molecule has 1 aliphatic rings. The molecule has 1 aliphatic heterocycles. The van der Waals surface area contributed by atoms with Gasteiger partial charge >= 0.3 is 0 Å². The van der Waals surface area contributed by atoms with Crippen molar-refractivity contribution < 1.29 is 0 Å². The lowest BCUT2D eigenvalue weighted by atomic mass is 10.2. The fourth-order valence-electron chi connectivity index (χ4n) is 1.34. The first kappa shape index (κ1) is 6.64. The van der Waals surface area contributed by atoms with Crippen LogP contribution in [0.2, 0.25) is 0 Å². The van der Waals surface area contributed by atoms with Crippen LogP contribution in [0.5, 0.6) is 0 Å². The van der Waals surface area contributed by atoms with Crippen molar-refractivity contribution in [3.63, 3.8) is 0 Å². The number of rotatable bonds is 1. The predicted molar refractivity (Wildman–Crippen MR) is 39.1 cm³/mol. The van der Waals surface area contributed by atoms with Gasteiger partial charge in [-0.15, -0.1) is 6.42 Å². The molecule has 0 bridgehead atoms. The summed E-state index contributed by atoms with van der Waals surface area (Å²) in [6.45, 7) is 4.27. The highest BCUT2D eigenvalue weighted by Gasteiger charge is 2.17. The van der Waals surface area contributed by atoms with Crippen LogP contribution in [0.15, 0.2) is 0 Å². The minimum Gasteiger partial charge on any atom is -0.290 e. The van der Waals surface area contributed by atoms with Gasteiger partial charge < -0.3 is 0 Å². The second-order valence-corrected chi connectivity index (χ2v) is 2.67. The molecule has 0 aromatic rings. The fraction of sp³-hybridized carbons (Fsp3) is 0.750. The Hall–Kier alpha value is -0.480. The molecule has 0 saturated carbocycles. The third kappa shape index (κ3) is 1.46. The van der Waals surface area contributed by atoms with Gasteiger partial charge in [-0.05, 0) is 26.3 Å². The van der Waals surface area contributed by atoms with E-state index in [1.165, 1.54) is 19.4 Å². The average molecular weight is 123 g/mol. The molecule has 1 heteroatoms. The third-order valence-electron chi connectivity index (χ3n) is 1.98. The summed E-state index contributed by atoms with van der Waals surface area (Å²) in [4.78, 5) is 2.35. The second kappa shape index (κ2) is 2.89. The Morgan fingerprint density at radius 2 is 2.56 bits per heavy atom. The van der Waals surface area contributed by atoms with Crippen LogP contribution in [-0.2, 0) is 0 Å². The number of hydrogen-bond acceptors (Lipinski definition) is 1. The minimum absolute atomic E-state index is 0.723. The largest absolute Gasteiger partial charge is 0.290 e. The van der Waals surface area contributed by atoms with E-state index in [1.54, 1.807) is 0 Å². The molecule has 1 heterocycles. The van der Waals surface area contributed by atoms with E-state index in [9.17, 15) is 0 Å². The zero-order valence-corrected chi connectivity index (χ0v) is 5.93. The van der Waals surface area contributed by atoms with E-state index in [0.29, 0.717) is 0 Å². The summed E-state index contributed by atoms with van der Waals surface area (Å²) in [6, 6.07) is 0.723. The normalized spacial score (nSPS) is 28.2. The van der Waals surface area contributed by atoms with E-state index < -0.39 is 0 Å². The van der Waals surface area contributed by atoms with Crippen molar-refractivity contribution in [2.24, 2.45) is 0 Å². The molecule has 1 saturated heterocycles. The standard InChI is InChI=1S/C8H13N/c1-3-6-9-7-4-5-8(9)2/h1,8H,4-7H2,2H3/t8-/m1/s1. The Labute approximate surface area is 57.0 Å². The van der Waals surface area contributed by atoms with Crippen molar-refractivity contribution in [1.29, 1.82) is 0 Å². The van der Waals surface area contributed by atoms with E-state index in [2.05, 4.69) is 17.7 Å². The van der Waals surface area contributed by atoms with E-state index in [0.717, 1.165) is 12.6 Å². The van der Waals surface area contributed by atoms with Crippen LogP contribution < -0.4 is 0 Å². The predicted octanol–water partition coefficient (Wildman–Crippen LogP) is 1.10. The summed E-state index contributed by atoms with van der Waals surface area (Å²) in [6.07, 6.45) is 7.82. The molecule has 0 aromatic carbocycles. The highest BCUT2D eigenvalue weighted by molar-refractivity contribution is 4.91. The SMILES string of the molecule is C#CCN1CCC[C@H]1C. The van der Waals surface area contributed by atoms with E-state index in [4.69, 9.17) is 6.42 Å². The van der Waals surface area contributed by atoms with Crippen molar-refractivity contribution in [3.8, 4) is 12.3 Å². The molecule has 1 atom stereocenters. The highest BCUT2D eigenvalue weighted by Crippen LogP contribution is 2.14. The summed E-state index contributed by atoms with van der Waals surface area (Å²) in [5.41, 5.74) is 0. The van der Waals surface area contributed by atoms with Gasteiger partial charge in [-0.1, -0.05) is 5.92 Å². The molecule has 0 radical (unpaired) electrons. The first-order valence-electron chi connectivity index (χ1n) is 3.52. The molecule has 1 nitrogen and oxygen atoms in total. The zero-order chi connectivity index (χ0) is 6.69. The van der Waals surface area contributed by atoms with Crippen LogP contribution in [0, 0.1) is 12.3 Å². The van der Waals surface area contributed by atoms with Crippen molar-refractivity contribution >= 4 is 0 Å². The smallest absolute Gasteiger partial charge is 0.0601 e. The summed E-state index contributed by atoms with van der Waals surface area (Å²) in [5.74, 6) is 2.67. The maximum Gasteiger partial charge on any atom is 0.0601 e. The van der Waals surface area contributed by atoms with Gasteiger partial charge in [-0.25, -0.2) is 0 Å². The number of hydrogen-bond donors (Lipinski definition) is 0. The Bertz CT molecular complexity index is 123. The molecule has 1 fully saturated rings. The number of nitrogens with zero attached hydrogens (tertiary/aromatic N) is 1. The van der Waals surface area contributed by atoms with Gasteiger partial charge in [0, 0.05) is 6.04 Å². The Kier molecular flexibility index (Phi) is 2.13. The van der Waals surface area contributed by atoms with Gasteiger partial charge in [0.1, 0.15) is 0 Å². The summed E-state index contributed by atoms with van der Waals surface area (Å²) in [7, 11) is 0. The van der Waals surface area contributed by atoms with Gasteiger partial charge in [0.2, 0.25) is 0 Å². The van der Waals surface area contributed by atoms with Crippen LogP contribution in [0.4, 0.5) is 0 Å². The molecule has 0 amide bonds. The van der Waals surface area contributed by atoms with Crippen LogP contribution in [0.25, 0.3) is 0 Å². The van der Waals surface area contributed by atoms with Gasteiger partial charge in [-0.3, -0.25) is 4.90 Å². The van der Waals surface area contributed by atoms with E-state index in [-0.39, 0.29) is 0 Å². The summed E-state index contributed by atoms with van der Waals surface area (Å²) < 4.78 is 0. The van der Waals surface area contributed by atoms with Gasteiger partial charge in [0.25, 0.3) is 0 Å². The molecule has 0 N–H and O–H groups in total. The molecule has 0 aliphatic carbocycles. The lowest BCUT2D eigenvalue weighted by molar-refractivity contribution is 0.303. The summed E-state index contributed by atoms with van der Waals surface area (Å²) >= 11 is 0. The number of terminal acetylenes is 1.